The van der Waals surface area contributed by atoms with Gasteiger partial charge in [0.2, 0.25) is 10.0 Å². The van der Waals surface area contributed by atoms with Crippen molar-refractivity contribution in [3.05, 3.63) is 24.3 Å². The molecule has 0 amide bonds. The maximum absolute atomic E-state index is 12.4. The Labute approximate surface area is 128 Å². The molecule has 3 N–H and O–H groups in total. The first-order valence-corrected chi connectivity index (χ1v) is 8.56. The molecule has 0 aromatic heterocycles. The Morgan fingerprint density at radius 2 is 1.86 bits per heavy atom. The zero-order chi connectivity index (χ0) is 16.3. The van der Waals surface area contributed by atoms with Crippen molar-refractivity contribution in [2.45, 2.75) is 37.6 Å². The highest BCUT2D eigenvalue weighted by Gasteiger charge is 2.27. The topological polar surface area (TPSA) is 75.4 Å². The van der Waals surface area contributed by atoms with E-state index >= 15 is 0 Å². The molecule has 1 rings (SSSR count). The maximum Gasteiger partial charge on any atom is 0.244 e. The molecule has 0 fully saturated rings. The van der Waals surface area contributed by atoms with Gasteiger partial charge in [0.15, 0.2) is 0 Å². The first-order valence-electron chi connectivity index (χ1n) is 7.12. The van der Waals surface area contributed by atoms with Crippen molar-refractivity contribution in [3.63, 3.8) is 0 Å². The molecule has 21 heavy (non-hydrogen) atoms. The van der Waals surface area contributed by atoms with E-state index in [1.807, 2.05) is 13.0 Å². The lowest BCUT2D eigenvalue weighted by atomic mass is 9.90. The summed E-state index contributed by atoms with van der Waals surface area (Å²) in [7, 11) is -0.426. The lowest BCUT2D eigenvalue weighted by Crippen LogP contribution is -2.44. The summed E-state index contributed by atoms with van der Waals surface area (Å²) < 4.78 is 26.0. The largest absolute Gasteiger partial charge is 0.378 e. The van der Waals surface area contributed by atoms with E-state index in [2.05, 4.69) is 19.2 Å². The monoisotopic (exact) mass is 313 g/mol. The molecule has 0 radical (unpaired) electrons. The molecule has 0 aliphatic heterocycles. The summed E-state index contributed by atoms with van der Waals surface area (Å²) in [4.78, 5) is 0.276. The highest BCUT2D eigenvalue weighted by Crippen LogP contribution is 2.28. The average molecular weight is 313 g/mol. The quantitative estimate of drug-likeness (QED) is 0.808. The molecule has 0 saturated carbocycles. The molecule has 0 bridgehead atoms. The third kappa shape index (κ3) is 4.43. The van der Waals surface area contributed by atoms with Crippen LogP contribution in [0.5, 0.6) is 0 Å². The predicted molar refractivity (Wildman–Crippen MR) is 87.9 cm³/mol. The van der Waals surface area contributed by atoms with Crippen molar-refractivity contribution >= 4 is 15.7 Å². The standard InChI is InChI=1S/C15H27N3O2S/c1-12(2)10-15(3,11-16)17-13-8-6-7-9-14(13)21(19,20)18(4)5/h6-9,12,17H,10-11,16H2,1-5H3. The van der Waals surface area contributed by atoms with Crippen molar-refractivity contribution in [1.82, 2.24) is 4.31 Å². The second kappa shape index (κ2) is 6.77. The van der Waals surface area contributed by atoms with Crippen LogP contribution < -0.4 is 11.1 Å². The smallest absolute Gasteiger partial charge is 0.244 e. The SMILES string of the molecule is CC(C)CC(C)(CN)Nc1ccccc1S(=O)(=O)N(C)C. The van der Waals surface area contributed by atoms with E-state index in [1.54, 1.807) is 18.2 Å². The maximum atomic E-state index is 12.4. The summed E-state index contributed by atoms with van der Waals surface area (Å²) in [5, 5.41) is 3.34. The van der Waals surface area contributed by atoms with Crippen LogP contribution in [-0.4, -0.2) is 38.9 Å². The Balaban J connectivity index is 3.21. The number of nitrogens with one attached hydrogen (secondary N) is 1. The van der Waals surface area contributed by atoms with Gasteiger partial charge in [0.05, 0.1) is 5.69 Å². The van der Waals surface area contributed by atoms with Crippen LogP contribution in [-0.2, 0) is 10.0 Å². The van der Waals surface area contributed by atoms with Gasteiger partial charge in [-0.05, 0) is 31.4 Å². The third-order valence-electron chi connectivity index (χ3n) is 3.39. The van der Waals surface area contributed by atoms with Crippen molar-refractivity contribution in [1.29, 1.82) is 0 Å². The summed E-state index contributed by atoms with van der Waals surface area (Å²) in [6, 6.07) is 6.95. The number of anilines is 1. The summed E-state index contributed by atoms with van der Waals surface area (Å²) >= 11 is 0. The van der Waals surface area contributed by atoms with Crippen LogP contribution in [0, 0.1) is 5.92 Å². The van der Waals surface area contributed by atoms with Gasteiger partial charge in [0.25, 0.3) is 0 Å². The number of rotatable bonds is 7. The number of benzene rings is 1. The molecule has 0 aliphatic rings. The second-order valence-corrected chi connectivity index (χ2v) is 8.39. The number of para-hydroxylation sites is 1. The predicted octanol–water partition coefficient (Wildman–Crippen LogP) is 2.11. The molecule has 0 heterocycles. The summed E-state index contributed by atoms with van der Waals surface area (Å²) in [5.74, 6) is 0.462. The van der Waals surface area contributed by atoms with Crippen molar-refractivity contribution < 1.29 is 8.42 Å². The molecule has 1 atom stereocenters. The van der Waals surface area contributed by atoms with Gasteiger partial charge in [-0.3, -0.25) is 0 Å². The van der Waals surface area contributed by atoms with Crippen LogP contribution in [0.15, 0.2) is 29.2 Å². The number of hydrogen-bond donors (Lipinski definition) is 2. The lowest BCUT2D eigenvalue weighted by Gasteiger charge is -2.33. The summed E-state index contributed by atoms with van der Waals surface area (Å²) in [6.45, 7) is 6.70. The lowest BCUT2D eigenvalue weighted by molar-refractivity contribution is 0.406. The Morgan fingerprint density at radius 1 is 1.29 bits per heavy atom. The van der Waals surface area contributed by atoms with E-state index in [0.29, 0.717) is 18.2 Å². The van der Waals surface area contributed by atoms with Crippen LogP contribution in [0.3, 0.4) is 0 Å². The Hall–Kier alpha value is -1.11. The van der Waals surface area contributed by atoms with Crippen molar-refractivity contribution in [3.8, 4) is 0 Å². The normalized spacial score (nSPS) is 15.2. The molecular weight excluding hydrogens is 286 g/mol. The highest BCUT2D eigenvalue weighted by molar-refractivity contribution is 7.89. The zero-order valence-electron chi connectivity index (χ0n) is 13.6. The molecule has 0 spiro atoms. The van der Waals surface area contributed by atoms with Gasteiger partial charge in [0.1, 0.15) is 4.90 Å². The van der Waals surface area contributed by atoms with Gasteiger partial charge in [-0.1, -0.05) is 26.0 Å². The van der Waals surface area contributed by atoms with E-state index in [1.165, 1.54) is 18.4 Å². The van der Waals surface area contributed by atoms with Gasteiger partial charge >= 0.3 is 0 Å². The van der Waals surface area contributed by atoms with E-state index in [-0.39, 0.29) is 10.4 Å². The zero-order valence-corrected chi connectivity index (χ0v) is 14.4. The number of nitrogens with two attached hydrogens (primary N) is 1. The van der Waals surface area contributed by atoms with E-state index in [4.69, 9.17) is 5.73 Å². The van der Waals surface area contributed by atoms with Crippen LogP contribution in [0.2, 0.25) is 0 Å². The molecule has 120 valence electrons. The number of nitrogens with zero attached hydrogens (tertiary/aromatic N) is 1. The molecule has 1 aromatic rings. The fourth-order valence-electron chi connectivity index (χ4n) is 2.40. The Bertz CT molecular complexity index is 570. The fourth-order valence-corrected chi connectivity index (χ4v) is 3.44. The summed E-state index contributed by atoms with van der Waals surface area (Å²) in [5.41, 5.74) is 6.16. The van der Waals surface area contributed by atoms with Crippen LogP contribution in [0.1, 0.15) is 27.2 Å². The van der Waals surface area contributed by atoms with Gasteiger partial charge in [-0.15, -0.1) is 0 Å². The molecule has 1 unspecified atom stereocenters. The Morgan fingerprint density at radius 3 is 2.33 bits per heavy atom. The Kier molecular flexibility index (Phi) is 5.78. The highest BCUT2D eigenvalue weighted by atomic mass is 32.2. The molecule has 5 nitrogen and oxygen atoms in total. The number of hydrogen-bond acceptors (Lipinski definition) is 4. The fraction of sp³-hybridized carbons (Fsp3) is 0.600. The minimum absolute atomic E-state index is 0.276. The molecule has 0 saturated heterocycles. The van der Waals surface area contributed by atoms with E-state index in [0.717, 1.165) is 6.42 Å². The van der Waals surface area contributed by atoms with Gasteiger partial charge in [-0.2, -0.15) is 0 Å². The minimum atomic E-state index is -3.49. The molecule has 0 aliphatic carbocycles. The van der Waals surface area contributed by atoms with Crippen molar-refractivity contribution in [2.75, 3.05) is 26.0 Å². The molecule has 1 aromatic carbocycles. The van der Waals surface area contributed by atoms with E-state index < -0.39 is 10.0 Å². The van der Waals surface area contributed by atoms with Crippen LogP contribution >= 0.6 is 0 Å². The van der Waals surface area contributed by atoms with E-state index in [9.17, 15) is 8.42 Å². The van der Waals surface area contributed by atoms with Gasteiger partial charge < -0.3 is 11.1 Å². The molecular formula is C15H27N3O2S. The third-order valence-corrected chi connectivity index (χ3v) is 5.26. The molecule has 6 heteroatoms. The minimum Gasteiger partial charge on any atom is -0.378 e. The second-order valence-electron chi connectivity index (χ2n) is 6.27. The van der Waals surface area contributed by atoms with Crippen molar-refractivity contribution in [2.24, 2.45) is 11.7 Å². The average Bonchev–Trinajstić information content (AvgIpc) is 2.38. The van der Waals surface area contributed by atoms with Crippen LogP contribution in [0.25, 0.3) is 0 Å². The van der Waals surface area contributed by atoms with Gasteiger partial charge in [-0.25, -0.2) is 12.7 Å². The van der Waals surface area contributed by atoms with Crippen LogP contribution in [0.4, 0.5) is 5.69 Å². The summed E-state index contributed by atoms with van der Waals surface area (Å²) in [6.07, 6.45) is 0.861. The first-order chi connectivity index (χ1) is 9.62. The number of sulfonamides is 1. The first kappa shape index (κ1) is 17.9. The van der Waals surface area contributed by atoms with Gasteiger partial charge in [0, 0.05) is 26.2 Å².